The Morgan fingerprint density at radius 3 is 2.07 bits per heavy atom. The zero-order valence-electron chi connectivity index (χ0n) is 16.7. The number of aromatic hydroxyl groups is 1. The molecular formula is C21H20F3NO5. The third-order valence-corrected chi connectivity index (χ3v) is 4.32. The molecule has 0 unspecified atom stereocenters. The molecule has 0 fully saturated rings. The molecule has 1 N–H and O–H groups in total. The quantitative estimate of drug-likeness (QED) is 0.655. The van der Waals surface area contributed by atoms with Crippen molar-refractivity contribution >= 4 is 16.7 Å². The summed E-state index contributed by atoms with van der Waals surface area (Å²) in [7, 11) is 3.32. The van der Waals surface area contributed by atoms with Gasteiger partial charge in [0.1, 0.15) is 23.2 Å². The summed E-state index contributed by atoms with van der Waals surface area (Å²) in [5, 5.41) is 20.4. The number of aromatic nitrogens is 1. The average Bonchev–Trinajstić information content (AvgIpc) is 2.68. The molecule has 0 aliphatic heterocycles. The van der Waals surface area contributed by atoms with Gasteiger partial charge in [-0.15, -0.1) is 0 Å². The largest absolute Gasteiger partial charge is 0.542 e. The second-order valence-electron chi connectivity index (χ2n) is 6.30. The molecule has 0 atom stereocenters. The SMILES string of the molecule is COc1cc(OC)c2c(C)[n+](-c3ccc(O)cc3)c(C)cc2c1.O=C([O-])C(F)(F)F. The monoisotopic (exact) mass is 423 g/mol. The number of aryl methyl sites for hydroxylation is 2. The summed E-state index contributed by atoms with van der Waals surface area (Å²) in [6.45, 7) is 4.13. The van der Waals surface area contributed by atoms with Crippen LogP contribution in [0.2, 0.25) is 0 Å². The van der Waals surface area contributed by atoms with Crippen LogP contribution in [-0.2, 0) is 4.79 Å². The summed E-state index contributed by atoms with van der Waals surface area (Å²) in [4.78, 5) is 8.78. The van der Waals surface area contributed by atoms with E-state index in [9.17, 15) is 18.3 Å². The van der Waals surface area contributed by atoms with Crippen LogP contribution in [0.5, 0.6) is 17.2 Å². The lowest BCUT2D eigenvalue weighted by Crippen LogP contribution is -2.37. The van der Waals surface area contributed by atoms with Crippen molar-refractivity contribution in [3.05, 3.63) is 53.9 Å². The van der Waals surface area contributed by atoms with Crippen LogP contribution in [0, 0.1) is 13.8 Å². The number of phenols is 1. The highest BCUT2D eigenvalue weighted by molar-refractivity contribution is 5.91. The number of pyridine rings is 1. The lowest BCUT2D eigenvalue weighted by atomic mass is 10.1. The number of benzene rings is 2. The first-order valence-corrected chi connectivity index (χ1v) is 8.65. The Labute approximate surface area is 170 Å². The van der Waals surface area contributed by atoms with E-state index in [1.165, 1.54) is 0 Å². The lowest BCUT2D eigenvalue weighted by Gasteiger charge is -2.12. The predicted molar refractivity (Wildman–Crippen MR) is 101 cm³/mol. The summed E-state index contributed by atoms with van der Waals surface area (Å²) in [6, 6.07) is 13.2. The number of hydrogen-bond acceptors (Lipinski definition) is 5. The number of fused-ring (bicyclic) bond motifs is 1. The van der Waals surface area contributed by atoms with E-state index in [2.05, 4.69) is 24.5 Å². The molecule has 3 aromatic rings. The van der Waals surface area contributed by atoms with Gasteiger partial charge in [0.25, 0.3) is 0 Å². The maximum Gasteiger partial charge on any atom is 0.430 e. The standard InChI is InChI=1S/C19H19NO3.C2HF3O2/c1-12-9-14-10-17(22-3)11-18(23-4)19(14)13(2)20(12)15-5-7-16(21)8-6-15;3-2(4,5)1(6)7/h5-11H,1-4H3;(H,6,7). The van der Waals surface area contributed by atoms with Crippen LogP contribution in [0.4, 0.5) is 13.2 Å². The number of nitrogens with zero attached hydrogens (tertiary/aromatic N) is 1. The molecule has 0 amide bonds. The van der Waals surface area contributed by atoms with Gasteiger partial charge in [0.15, 0.2) is 11.4 Å². The van der Waals surface area contributed by atoms with E-state index in [0.717, 1.165) is 39.3 Å². The van der Waals surface area contributed by atoms with Crippen molar-refractivity contribution in [2.45, 2.75) is 20.0 Å². The minimum absolute atomic E-state index is 0.257. The number of alkyl halides is 3. The lowest BCUT2D eigenvalue weighted by molar-refractivity contribution is -0.607. The number of methoxy groups -OCH3 is 2. The Balaban J connectivity index is 0.000000396. The highest BCUT2D eigenvalue weighted by atomic mass is 19.4. The van der Waals surface area contributed by atoms with Gasteiger partial charge < -0.3 is 24.5 Å². The topological polar surface area (TPSA) is 82.7 Å². The van der Waals surface area contributed by atoms with E-state index in [0.29, 0.717) is 0 Å². The number of carboxylic acid groups (broad SMARTS) is 1. The normalized spacial score (nSPS) is 10.9. The Morgan fingerprint density at radius 2 is 1.60 bits per heavy atom. The number of carbonyl (C=O) groups is 1. The fourth-order valence-corrected chi connectivity index (χ4v) is 3.06. The van der Waals surface area contributed by atoms with Crippen LogP contribution in [0.25, 0.3) is 16.5 Å². The number of aliphatic carboxylic acids is 1. The van der Waals surface area contributed by atoms with E-state index in [1.54, 1.807) is 26.4 Å². The second-order valence-corrected chi connectivity index (χ2v) is 6.30. The first kappa shape index (κ1) is 22.8. The summed E-state index contributed by atoms with van der Waals surface area (Å²) in [5.74, 6) is -1.19. The first-order chi connectivity index (χ1) is 14.0. The molecule has 0 bridgehead atoms. The van der Waals surface area contributed by atoms with Crippen molar-refractivity contribution in [3.8, 4) is 22.9 Å². The van der Waals surface area contributed by atoms with Gasteiger partial charge in [-0.2, -0.15) is 17.7 Å². The van der Waals surface area contributed by atoms with E-state index < -0.39 is 12.1 Å². The molecular weight excluding hydrogens is 403 g/mol. The zero-order chi connectivity index (χ0) is 22.6. The van der Waals surface area contributed by atoms with Crippen molar-refractivity contribution in [2.75, 3.05) is 14.2 Å². The number of rotatable bonds is 3. The van der Waals surface area contributed by atoms with Crippen LogP contribution >= 0.6 is 0 Å². The van der Waals surface area contributed by atoms with E-state index in [1.807, 2.05) is 24.3 Å². The van der Waals surface area contributed by atoms with Gasteiger partial charge in [-0.25, -0.2) is 0 Å². The predicted octanol–water partition coefficient (Wildman–Crippen LogP) is 2.75. The van der Waals surface area contributed by atoms with Crippen LogP contribution in [0.15, 0.2) is 42.5 Å². The molecule has 30 heavy (non-hydrogen) atoms. The Bertz CT molecular complexity index is 1060. The van der Waals surface area contributed by atoms with Gasteiger partial charge in [0.2, 0.25) is 5.69 Å². The number of carboxylic acids is 1. The molecule has 0 spiro atoms. The fraction of sp³-hybridized carbons (Fsp3) is 0.238. The number of halogens is 3. The highest BCUT2D eigenvalue weighted by Crippen LogP contribution is 2.33. The molecule has 1 aromatic heterocycles. The van der Waals surface area contributed by atoms with Gasteiger partial charge in [-0.1, -0.05) is 0 Å². The Kier molecular flexibility index (Phi) is 6.76. The minimum atomic E-state index is -5.19. The molecule has 160 valence electrons. The molecule has 0 aliphatic rings. The number of ether oxygens (including phenoxy) is 2. The van der Waals surface area contributed by atoms with Crippen molar-refractivity contribution in [3.63, 3.8) is 0 Å². The van der Waals surface area contributed by atoms with Crippen molar-refractivity contribution in [1.29, 1.82) is 0 Å². The molecule has 1 heterocycles. The summed E-state index contributed by atoms with van der Waals surface area (Å²) < 4.78 is 44.6. The fourth-order valence-electron chi connectivity index (χ4n) is 3.06. The third kappa shape index (κ3) is 4.91. The summed E-state index contributed by atoms with van der Waals surface area (Å²) in [5.41, 5.74) is 3.17. The van der Waals surface area contributed by atoms with E-state index in [-0.39, 0.29) is 5.75 Å². The highest BCUT2D eigenvalue weighted by Gasteiger charge is 2.28. The number of phenolic OH excluding ortho intramolecular Hbond substituents is 1. The summed E-state index contributed by atoms with van der Waals surface area (Å²) in [6.07, 6.45) is -5.19. The molecule has 0 aliphatic carbocycles. The molecule has 3 rings (SSSR count). The van der Waals surface area contributed by atoms with Crippen LogP contribution in [0.1, 0.15) is 11.4 Å². The average molecular weight is 423 g/mol. The van der Waals surface area contributed by atoms with Gasteiger partial charge in [-0.3, -0.25) is 0 Å². The summed E-state index contributed by atoms with van der Waals surface area (Å²) >= 11 is 0. The van der Waals surface area contributed by atoms with Crippen LogP contribution in [-0.4, -0.2) is 31.5 Å². The van der Waals surface area contributed by atoms with E-state index >= 15 is 0 Å². The smallest absolute Gasteiger partial charge is 0.430 e. The van der Waals surface area contributed by atoms with Gasteiger partial charge in [0.05, 0.1) is 19.6 Å². The van der Waals surface area contributed by atoms with Crippen molar-refractivity contribution in [1.82, 2.24) is 0 Å². The van der Waals surface area contributed by atoms with Gasteiger partial charge in [-0.05, 0) is 18.2 Å². The Hall–Kier alpha value is -3.49. The third-order valence-electron chi connectivity index (χ3n) is 4.32. The molecule has 2 aromatic carbocycles. The molecule has 0 radical (unpaired) electrons. The molecule has 0 saturated heterocycles. The van der Waals surface area contributed by atoms with Crippen molar-refractivity contribution < 1.29 is 42.2 Å². The first-order valence-electron chi connectivity index (χ1n) is 8.65. The van der Waals surface area contributed by atoms with Gasteiger partial charge in [0, 0.05) is 43.5 Å². The number of hydrogen-bond donors (Lipinski definition) is 1. The van der Waals surface area contributed by atoms with Crippen LogP contribution < -0.4 is 19.1 Å². The number of carbonyl (C=O) groups excluding carboxylic acids is 1. The molecule has 6 nitrogen and oxygen atoms in total. The zero-order valence-corrected chi connectivity index (χ0v) is 16.7. The minimum Gasteiger partial charge on any atom is -0.542 e. The second kappa shape index (κ2) is 8.89. The maximum absolute atomic E-state index is 10.5. The van der Waals surface area contributed by atoms with Crippen molar-refractivity contribution in [2.24, 2.45) is 0 Å². The molecule has 0 saturated carbocycles. The van der Waals surface area contributed by atoms with E-state index in [4.69, 9.17) is 19.4 Å². The van der Waals surface area contributed by atoms with Gasteiger partial charge >= 0.3 is 6.18 Å². The Morgan fingerprint density at radius 1 is 1.03 bits per heavy atom. The molecule has 9 heteroatoms. The maximum atomic E-state index is 10.5. The van der Waals surface area contributed by atoms with Crippen LogP contribution in [0.3, 0.4) is 0 Å².